The minimum atomic E-state index is -0.366. The molecule has 0 spiro atoms. The second-order valence-corrected chi connectivity index (χ2v) is 8.44. The topological polar surface area (TPSA) is 68.3 Å². The Hall–Kier alpha value is -3.70. The fourth-order valence-electron chi connectivity index (χ4n) is 3.76. The molecule has 0 radical (unpaired) electrons. The van der Waals surface area contributed by atoms with Gasteiger partial charge in [0.05, 0.1) is 28.9 Å². The van der Waals surface area contributed by atoms with E-state index >= 15 is 0 Å². The van der Waals surface area contributed by atoms with E-state index in [1.807, 2.05) is 62.4 Å². The van der Waals surface area contributed by atoms with Gasteiger partial charge in [-0.25, -0.2) is 9.78 Å². The Morgan fingerprint density at radius 1 is 0.971 bits per heavy atom. The van der Waals surface area contributed by atoms with Gasteiger partial charge in [0.2, 0.25) is 0 Å². The van der Waals surface area contributed by atoms with Crippen LogP contribution in [-0.4, -0.2) is 23.5 Å². The molecule has 1 aromatic heterocycles. The van der Waals surface area contributed by atoms with Crippen LogP contribution in [0, 0.1) is 6.92 Å². The van der Waals surface area contributed by atoms with Gasteiger partial charge in [-0.2, -0.15) is 0 Å². The second-order valence-electron chi connectivity index (χ2n) is 8.01. The fourth-order valence-corrected chi connectivity index (χ4v) is 3.89. The van der Waals surface area contributed by atoms with Crippen LogP contribution >= 0.6 is 11.6 Å². The summed E-state index contributed by atoms with van der Waals surface area (Å²) in [4.78, 5) is 30.4. The number of ether oxygens (including phenoxy) is 1. The zero-order valence-corrected chi connectivity index (χ0v) is 19.9. The minimum absolute atomic E-state index is 0.246. The van der Waals surface area contributed by atoms with E-state index in [4.69, 9.17) is 21.3 Å². The number of benzene rings is 3. The van der Waals surface area contributed by atoms with Gasteiger partial charge in [-0.3, -0.25) is 4.79 Å². The smallest absolute Gasteiger partial charge is 0.338 e. The summed E-state index contributed by atoms with van der Waals surface area (Å²) in [5.41, 5.74) is 4.70. The molecule has 3 aromatic carbocycles. The van der Waals surface area contributed by atoms with E-state index in [1.54, 1.807) is 24.3 Å². The van der Waals surface area contributed by atoms with Crippen LogP contribution in [0.3, 0.4) is 0 Å². The van der Waals surface area contributed by atoms with Gasteiger partial charge in [0.1, 0.15) is 0 Å². The third-order valence-corrected chi connectivity index (χ3v) is 5.84. The van der Waals surface area contributed by atoms with Crippen molar-refractivity contribution in [1.82, 2.24) is 4.98 Å². The summed E-state index contributed by atoms with van der Waals surface area (Å²) in [6, 6.07) is 21.7. The lowest BCUT2D eigenvalue weighted by atomic mass is 9.97. The first-order valence-corrected chi connectivity index (χ1v) is 11.6. The Kier molecular flexibility index (Phi) is 7.24. The van der Waals surface area contributed by atoms with E-state index in [1.165, 1.54) is 0 Å². The van der Waals surface area contributed by atoms with Crippen molar-refractivity contribution in [1.29, 1.82) is 0 Å². The molecule has 34 heavy (non-hydrogen) atoms. The number of hydrogen-bond acceptors (Lipinski definition) is 4. The monoisotopic (exact) mass is 472 g/mol. The molecule has 4 rings (SSSR count). The molecule has 0 atom stereocenters. The van der Waals surface area contributed by atoms with Crippen LogP contribution < -0.4 is 5.32 Å². The first kappa shape index (κ1) is 23.5. The second kappa shape index (κ2) is 10.5. The molecular formula is C28H25ClN2O3. The Morgan fingerprint density at radius 2 is 1.68 bits per heavy atom. The molecule has 0 saturated carbocycles. The molecule has 0 aliphatic heterocycles. The molecule has 0 aliphatic rings. The fraction of sp³-hybridized carbons (Fsp3) is 0.179. The molecule has 0 unspecified atom stereocenters. The summed E-state index contributed by atoms with van der Waals surface area (Å²) in [5, 5.41) is 4.36. The maximum absolute atomic E-state index is 13.4. The van der Waals surface area contributed by atoms with Crippen LogP contribution in [0.5, 0.6) is 0 Å². The number of nitrogens with one attached hydrogen (secondary N) is 1. The molecule has 0 bridgehead atoms. The molecule has 4 aromatic rings. The van der Waals surface area contributed by atoms with E-state index in [9.17, 15) is 9.59 Å². The lowest BCUT2D eigenvalue weighted by Crippen LogP contribution is -2.15. The number of nitrogens with zero attached hydrogens (tertiary/aromatic N) is 1. The lowest BCUT2D eigenvalue weighted by Gasteiger charge is -2.15. The highest BCUT2D eigenvalue weighted by Gasteiger charge is 2.19. The maximum atomic E-state index is 13.4. The van der Waals surface area contributed by atoms with Crippen molar-refractivity contribution in [3.8, 4) is 11.3 Å². The minimum Gasteiger partial charge on any atom is -0.462 e. The number of rotatable bonds is 7. The number of pyridine rings is 1. The molecule has 1 heterocycles. The summed E-state index contributed by atoms with van der Waals surface area (Å²) >= 11 is 6.05. The largest absolute Gasteiger partial charge is 0.462 e. The van der Waals surface area contributed by atoms with Crippen LogP contribution in [0.25, 0.3) is 22.2 Å². The highest BCUT2D eigenvalue weighted by Crippen LogP contribution is 2.31. The van der Waals surface area contributed by atoms with Gasteiger partial charge >= 0.3 is 5.97 Å². The van der Waals surface area contributed by atoms with Gasteiger partial charge < -0.3 is 10.1 Å². The number of anilines is 1. The summed E-state index contributed by atoms with van der Waals surface area (Å²) in [6.45, 7) is 4.34. The van der Waals surface area contributed by atoms with E-state index in [0.29, 0.717) is 28.4 Å². The van der Waals surface area contributed by atoms with Crippen LogP contribution in [0.4, 0.5) is 5.69 Å². The molecular weight excluding hydrogens is 448 g/mol. The SMILES string of the molecule is CCCCOC(=O)c1ccc(NC(=O)c2c(C)c(-c3ccc(Cl)cc3)nc3ccccc23)cc1. The Balaban J connectivity index is 1.64. The van der Waals surface area contributed by atoms with E-state index in [2.05, 4.69) is 5.32 Å². The standard InChI is InChI=1S/C28H25ClN2O3/c1-3-4-17-34-28(33)20-11-15-22(16-12-20)30-27(32)25-18(2)26(19-9-13-21(29)14-10-19)31-24-8-6-5-7-23(24)25/h5-16H,3-4,17H2,1-2H3,(H,30,32). The predicted octanol–water partition coefficient (Wildman–Crippen LogP) is 7.07. The average Bonchev–Trinajstić information content (AvgIpc) is 2.84. The number of aromatic nitrogens is 1. The first-order valence-electron chi connectivity index (χ1n) is 11.2. The number of esters is 1. The van der Waals surface area contributed by atoms with E-state index < -0.39 is 0 Å². The molecule has 5 nitrogen and oxygen atoms in total. The maximum Gasteiger partial charge on any atom is 0.338 e. The lowest BCUT2D eigenvalue weighted by molar-refractivity contribution is 0.0499. The zero-order chi connectivity index (χ0) is 24.1. The third-order valence-electron chi connectivity index (χ3n) is 5.59. The van der Waals surface area contributed by atoms with E-state index in [0.717, 1.165) is 40.6 Å². The number of para-hydroxylation sites is 1. The number of amides is 1. The van der Waals surface area contributed by atoms with Crippen molar-refractivity contribution in [2.75, 3.05) is 11.9 Å². The van der Waals surface area contributed by atoms with Crippen LogP contribution in [-0.2, 0) is 4.74 Å². The predicted molar refractivity (Wildman–Crippen MR) is 137 cm³/mol. The van der Waals surface area contributed by atoms with Gasteiger partial charge in [-0.15, -0.1) is 0 Å². The quantitative estimate of drug-likeness (QED) is 0.230. The van der Waals surface area contributed by atoms with Gasteiger partial charge in [0.15, 0.2) is 0 Å². The van der Waals surface area contributed by atoms with Crippen molar-refractivity contribution >= 4 is 40.1 Å². The first-order chi connectivity index (χ1) is 16.5. The Morgan fingerprint density at radius 3 is 2.38 bits per heavy atom. The number of hydrogen-bond donors (Lipinski definition) is 1. The molecule has 172 valence electrons. The summed E-state index contributed by atoms with van der Waals surface area (Å²) in [5.74, 6) is -0.612. The highest BCUT2D eigenvalue weighted by molar-refractivity contribution is 6.30. The van der Waals surface area contributed by atoms with E-state index in [-0.39, 0.29) is 11.9 Å². The third kappa shape index (κ3) is 5.10. The van der Waals surface area contributed by atoms with Crippen molar-refractivity contribution < 1.29 is 14.3 Å². The molecule has 1 N–H and O–H groups in total. The Labute approximate surface area is 203 Å². The summed E-state index contributed by atoms with van der Waals surface area (Å²) in [7, 11) is 0. The normalized spacial score (nSPS) is 10.8. The van der Waals surface area contributed by atoms with Gasteiger partial charge in [0.25, 0.3) is 5.91 Å². The average molecular weight is 473 g/mol. The Bertz CT molecular complexity index is 1330. The molecule has 0 aliphatic carbocycles. The highest BCUT2D eigenvalue weighted by atomic mass is 35.5. The molecule has 6 heteroatoms. The van der Waals surface area contributed by atoms with Crippen molar-refractivity contribution in [3.63, 3.8) is 0 Å². The van der Waals surface area contributed by atoms with Crippen LogP contribution in [0.15, 0.2) is 72.8 Å². The van der Waals surface area contributed by atoms with Gasteiger partial charge in [0, 0.05) is 21.7 Å². The molecule has 1 amide bonds. The molecule has 0 saturated heterocycles. The molecule has 0 fully saturated rings. The number of carbonyl (C=O) groups is 2. The zero-order valence-electron chi connectivity index (χ0n) is 19.1. The number of halogens is 1. The van der Waals surface area contributed by atoms with Crippen LogP contribution in [0.1, 0.15) is 46.0 Å². The van der Waals surface area contributed by atoms with Gasteiger partial charge in [-0.05, 0) is 61.4 Å². The summed E-state index contributed by atoms with van der Waals surface area (Å²) in [6.07, 6.45) is 1.79. The van der Waals surface area contributed by atoms with Crippen molar-refractivity contribution in [2.24, 2.45) is 0 Å². The number of fused-ring (bicyclic) bond motifs is 1. The van der Waals surface area contributed by atoms with Crippen LogP contribution in [0.2, 0.25) is 5.02 Å². The van der Waals surface area contributed by atoms with Gasteiger partial charge in [-0.1, -0.05) is 55.3 Å². The van der Waals surface area contributed by atoms with Crippen molar-refractivity contribution in [2.45, 2.75) is 26.7 Å². The number of unbranched alkanes of at least 4 members (excludes halogenated alkanes) is 1. The number of carbonyl (C=O) groups excluding carboxylic acids is 2. The van der Waals surface area contributed by atoms with Crippen molar-refractivity contribution in [3.05, 3.63) is 94.5 Å². The summed E-state index contributed by atoms with van der Waals surface area (Å²) < 4.78 is 5.24.